The second kappa shape index (κ2) is 9.71. The van der Waals surface area contributed by atoms with Gasteiger partial charge in [-0.05, 0) is 65.8 Å². The summed E-state index contributed by atoms with van der Waals surface area (Å²) in [5.41, 5.74) is 6.35. The molecule has 2 aromatic carbocycles. The highest BCUT2D eigenvalue weighted by Gasteiger charge is 2.26. The maximum absolute atomic E-state index is 12.6. The Kier molecular flexibility index (Phi) is 7.15. The molecule has 1 heterocycles. The highest BCUT2D eigenvalue weighted by molar-refractivity contribution is 5.94. The molecule has 0 aliphatic heterocycles. The van der Waals surface area contributed by atoms with Crippen LogP contribution in [0, 0.1) is 0 Å². The number of phenolic OH excluding ortho intramolecular Hbond substituents is 1. The first kappa shape index (κ1) is 25.0. The van der Waals surface area contributed by atoms with Crippen molar-refractivity contribution in [1.82, 2.24) is 15.6 Å². The molecule has 0 spiro atoms. The standard InChI is InChI=1S/C27H34N4O3/c1-8-34-19-11-9-18(10-12-19)22-15-23(30-29-22)25(33)31-28-16-17-13-20(26(2,3)4)24(32)21(14-17)27(5,6)7/h9-16,32H,8H2,1-7H3,(H,29,30)(H,31,33). The number of nitrogens with one attached hydrogen (secondary N) is 2. The number of amides is 1. The van der Waals surface area contributed by atoms with Crippen molar-refractivity contribution in [3.8, 4) is 22.8 Å². The molecule has 0 radical (unpaired) electrons. The minimum Gasteiger partial charge on any atom is -0.507 e. The molecular weight excluding hydrogens is 428 g/mol. The van der Waals surface area contributed by atoms with E-state index in [-0.39, 0.29) is 10.8 Å². The number of hydrogen-bond donors (Lipinski definition) is 3. The van der Waals surface area contributed by atoms with Crippen LogP contribution in [0.2, 0.25) is 0 Å². The van der Waals surface area contributed by atoms with Crippen LogP contribution in [-0.4, -0.2) is 34.0 Å². The van der Waals surface area contributed by atoms with Gasteiger partial charge in [-0.1, -0.05) is 41.5 Å². The lowest BCUT2D eigenvalue weighted by molar-refractivity contribution is 0.0950. The smallest absolute Gasteiger partial charge is 0.289 e. The first-order valence-electron chi connectivity index (χ1n) is 11.4. The zero-order valence-electron chi connectivity index (χ0n) is 21.0. The SMILES string of the molecule is CCOc1ccc(-c2cc(C(=O)NN=Cc3cc(C(C)(C)C)c(O)c(C(C)(C)C)c3)[nH]n2)cc1. The van der Waals surface area contributed by atoms with Crippen molar-refractivity contribution in [3.63, 3.8) is 0 Å². The number of ether oxygens (including phenoxy) is 1. The third-order valence-corrected chi connectivity index (χ3v) is 5.41. The summed E-state index contributed by atoms with van der Waals surface area (Å²) in [6, 6.07) is 13.0. The molecule has 34 heavy (non-hydrogen) atoms. The van der Waals surface area contributed by atoms with E-state index in [4.69, 9.17) is 4.74 Å². The summed E-state index contributed by atoms with van der Waals surface area (Å²) in [5, 5.41) is 22.0. The summed E-state index contributed by atoms with van der Waals surface area (Å²) in [4.78, 5) is 12.6. The van der Waals surface area contributed by atoms with Crippen LogP contribution in [0.3, 0.4) is 0 Å². The molecule has 0 bridgehead atoms. The summed E-state index contributed by atoms with van der Waals surface area (Å²) in [6.07, 6.45) is 1.59. The van der Waals surface area contributed by atoms with Crippen molar-refractivity contribution in [2.24, 2.45) is 5.10 Å². The molecule has 1 amide bonds. The van der Waals surface area contributed by atoms with Crippen molar-refractivity contribution in [1.29, 1.82) is 0 Å². The monoisotopic (exact) mass is 462 g/mol. The number of nitrogens with zero attached hydrogens (tertiary/aromatic N) is 2. The van der Waals surface area contributed by atoms with Gasteiger partial charge < -0.3 is 9.84 Å². The summed E-state index contributed by atoms with van der Waals surface area (Å²) in [6.45, 7) is 14.9. The molecule has 3 rings (SSSR count). The number of aromatic nitrogens is 2. The van der Waals surface area contributed by atoms with Crippen LogP contribution in [0.5, 0.6) is 11.5 Å². The largest absolute Gasteiger partial charge is 0.507 e. The van der Waals surface area contributed by atoms with E-state index in [1.807, 2.05) is 43.3 Å². The Morgan fingerprint density at radius 3 is 2.18 bits per heavy atom. The molecule has 7 nitrogen and oxygen atoms in total. The zero-order chi connectivity index (χ0) is 25.1. The number of carbonyl (C=O) groups is 1. The molecule has 0 atom stereocenters. The van der Waals surface area contributed by atoms with E-state index in [0.717, 1.165) is 28.0 Å². The van der Waals surface area contributed by atoms with Gasteiger partial charge in [0.15, 0.2) is 0 Å². The normalized spacial score (nSPS) is 12.2. The molecule has 7 heteroatoms. The van der Waals surface area contributed by atoms with Gasteiger partial charge in [0.25, 0.3) is 5.91 Å². The highest BCUT2D eigenvalue weighted by Crippen LogP contribution is 2.39. The third-order valence-electron chi connectivity index (χ3n) is 5.41. The number of benzene rings is 2. The number of rotatable bonds is 6. The molecule has 0 unspecified atom stereocenters. The second-order valence-electron chi connectivity index (χ2n) is 10.3. The van der Waals surface area contributed by atoms with Crippen LogP contribution in [0.25, 0.3) is 11.3 Å². The van der Waals surface area contributed by atoms with E-state index in [2.05, 4.69) is 62.3 Å². The van der Waals surface area contributed by atoms with Crippen LogP contribution in [0.4, 0.5) is 0 Å². The predicted octanol–water partition coefficient (Wildman–Crippen LogP) is 5.54. The lowest BCUT2D eigenvalue weighted by Crippen LogP contribution is -2.19. The zero-order valence-corrected chi connectivity index (χ0v) is 21.0. The molecular formula is C27H34N4O3. The van der Waals surface area contributed by atoms with Crippen LogP contribution < -0.4 is 10.2 Å². The average Bonchev–Trinajstić information content (AvgIpc) is 3.24. The third kappa shape index (κ3) is 5.84. The highest BCUT2D eigenvalue weighted by atomic mass is 16.5. The first-order valence-corrected chi connectivity index (χ1v) is 11.4. The number of H-pyrrole nitrogens is 1. The van der Waals surface area contributed by atoms with E-state index < -0.39 is 5.91 Å². The Hall–Kier alpha value is -3.61. The van der Waals surface area contributed by atoms with E-state index in [1.54, 1.807) is 12.3 Å². The number of carbonyl (C=O) groups excluding carboxylic acids is 1. The van der Waals surface area contributed by atoms with Crippen LogP contribution in [0.15, 0.2) is 47.6 Å². The quantitative estimate of drug-likeness (QED) is 0.331. The van der Waals surface area contributed by atoms with Crippen LogP contribution in [-0.2, 0) is 10.8 Å². The van der Waals surface area contributed by atoms with Crippen molar-refractivity contribution >= 4 is 12.1 Å². The number of hydrogen-bond acceptors (Lipinski definition) is 5. The number of phenols is 1. The van der Waals surface area contributed by atoms with Gasteiger partial charge in [-0.25, -0.2) is 5.43 Å². The van der Waals surface area contributed by atoms with Gasteiger partial charge in [0, 0.05) is 16.7 Å². The van der Waals surface area contributed by atoms with E-state index in [9.17, 15) is 9.90 Å². The van der Waals surface area contributed by atoms with Crippen LogP contribution in [0.1, 0.15) is 75.6 Å². The average molecular weight is 463 g/mol. The maximum atomic E-state index is 12.6. The summed E-state index contributed by atoms with van der Waals surface area (Å²) in [5.74, 6) is 0.694. The van der Waals surface area contributed by atoms with E-state index >= 15 is 0 Å². The minimum absolute atomic E-state index is 0.246. The Bertz CT molecular complexity index is 1140. The van der Waals surface area contributed by atoms with Crippen molar-refractivity contribution in [3.05, 3.63) is 64.8 Å². The predicted molar refractivity (Wildman–Crippen MR) is 136 cm³/mol. The van der Waals surface area contributed by atoms with Gasteiger partial charge in [0.2, 0.25) is 0 Å². The van der Waals surface area contributed by atoms with Gasteiger partial charge in [-0.3, -0.25) is 9.89 Å². The lowest BCUT2D eigenvalue weighted by Gasteiger charge is -2.27. The molecule has 0 saturated heterocycles. The molecule has 0 aliphatic rings. The Balaban J connectivity index is 1.76. The molecule has 0 aliphatic carbocycles. The van der Waals surface area contributed by atoms with E-state index in [0.29, 0.717) is 23.7 Å². The lowest BCUT2D eigenvalue weighted by atomic mass is 9.78. The summed E-state index contributed by atoms with van der Waals surface area (Å²) >= 11 is 0. The number of aromatic amines is 1. The fourth-order valence-electron chi connectivity index (χ4n) is 3.57. The molecule has 1 aromatic heterocycles. The first-order chi connectivity index (χ1) is 15.9. The number of aromatic hydroxyl groups is 1. The Labute approximate surface area is 201 Å². The van der Waals surface area contributed by atoms with Gasteiger partial charge in [-0.2, -0.15) is 10.2 Å². The van der Waals surface area contributed by atoms with E-state index in [1.165, 1.54) is 0 Å². The molecule has 180 valence electrons. The molecule has 3 N–H and O–H groups in total. The van der Waals surface area contributed by atoms with Crippen molar-refractivity contribution < 1.29 is 14.6 Å². The van der Waals surface area contributed by atoms with Gasteiger partial charge in [0.1, 0.15) is 17.2 Å². The van der Waals surface area contributed by atoms with Crippen molar-refractivity contribution in [2.45, 2.75) is 59.3 Å². The van der Waals surface area contributed by atoms with Gasteiger partial charge in [0.05, 0.1) is 18.5 Å². The fourth-order valence-corrected chi connectivity index (χ4v) is 3.57. The molecule has 3 aromatic rings. The Morgan fingerprint density at radius 2 is 1.65 bits per heavy atom. The number of hydrazone groups is 1. The molecule has 0 saturated carbocycles. The van der Waals surface area contributed by atoms with Gasteiger partial charge >= 0.3 is 0 Å². The minimum atomic E-state index is -0.396. The van der Waals surface area contributed by atoms with Crippen LogP contribution >= 0.6 is 0 Å². The topological polar surface area (TPSA) is 99.6 Å². The van der Waals surface area contributed by atoms with Gasteiger partial charge in [-0.15, -0.1) is 0 Å². The summed E-state index contributed by atoms with van der Waals surface area (Å²) < 4.78 is 5.46. The maximum Gasteiger partial charge on any atom is 0.289 e. The fraction of sp³-hybridized carbons (Fsp3) is 0.370. The van der Waals surface area contributed by atoms with Crippen molar-refractivity contribution in [2.75, 3.05) is 6.61 Å². The summed E-state index contributed by atoms with van der Waals surface area (Å²) in [7, 11) is 0. The molecule has 0 fully saturated rings. The second-order valence-corrected chi connectivity index (χ2v) is 10.3. The Morgan fingerprint density at radius 1 is 1.06 bits per heavy atom.